The van der Waals surface area contributed by atoms with Crippen LogP contribution in [0.2, 0.25) is 0 Å². The molecule has 2 aliphatic rings. The zero-order chi connectivity index (χ0) is 27.1. The van der Waals surface area contributed by atoms with Gasteiger partial charge in [-0.05, 0) is 74.7 Å². The van der Waals surface area contributed by atoms with Crippen molar-refractivity contribution in [3.63, 3.8) is 0 Å². The molecular weight excluding hydrogens is 486 g/mol. The normalized spacial score (nSPS) is 17.8. The third kappa shape index (κ3) is 4.32. The lowest BCUT2D eigenvalue weighted by atomic mass is 9.93. The number of rotatable bonds is 6. The van der Waals surface area contributed by atoms with E-state index in [9.17, 15) is 14.7 Å². The van der Waals surface area contributed by atoms with Crippen molar-refractivity contribution in [2.75, 3.05) is 18.8 Å². The van der Waals surface area contributed by atoms with E-state index >= 15 is 0 Å². The molecule has 0 aliphatic carbocycles. The summed E-state index contributed by atoms with van der Waals surface area (Å²) >= 11 is 0. The van der Waals surface area contributed by atoms with E-state index < -0.39 is 17.7 Å². The van der Waals surface area contributed by atoms with E-state index in [1.807, 2.05) is 33.8 Å². The standard InChI is InChI=1S/C30H29NO7/c1-16(2)38-21-9-6-19(7-10-21)26-25(27(32)22-13-17(3)12-18(4)29(22)35-5)28(33)30(34)31(26)20-8-11-23-24(14-20)37-15-36-23/h6-14,16,26,32H,15H2,1-5H3/b27-25+. The van der Waals surface area contributed by atoms with Gasteiger partial charge < -0.3 is 24.1 Å². The Balaban J connectivity index is 1.71. The number of ether oxygens (including phenoxy) is 4. The summed E-state index contributed by atoms with van der Waals surface area (Å²) in [6.07, 6.45) is -0.0165. The second-order valence-electron chi connectivity index (χ2n) is 9.60. The number of hydrogen-bond donors (Lipinski definition) is 1. The highest BCUT2D eigenvalue weighted by Crippen LogP contribution is 2.46. The van der Waals surface area contributed by atoms with Gasteiger partial charge in [-0.15, -0.1) is 0 Å². The van der Waals surface area contributed by atoms with Gasteiger partial charge in [-0.2, -0.15) is 0 Å². The Morgan fingerprint density at radius 1 is 1.00 bits per heavy atom. The zero-order valence-corrected chi connectivity index (χ0v) is 21.9. The molecule has 5 rings (SSSR count). The molecule has 1 unspecified atom stereocenters. The number of fused-ring (bicyclic) bond motifs is 1. The Labute approximate surface area is 221 Å². The molecule has 1 amide bonds. The number of methoxy groups -OCH3 is 1. The summed E-state index contributed by atoms with van der Waals surface area (Å²) in [6, 6.07) is 15.0. The van der Waals surface area contributed by atoms with E-state index in [4.69, 9.17) is 18.9 Å². The summed E-state index contributed by atoms with van der Waals surface area (Å²) in [7, 11) is 1.50. The first-order chi connectivity index (χ1) is 18.2. The van der Waals surface area contributed by atoms with Crippen molar-refractivity contribution in [1.29, 1.82) is 0 Å². The number of benzene rings is 3. The molecule has 1 saturated heterocycles. The van der Waals surface area contributed by atoms with Crippen molar-refractivity contribution in [2.24, 2.45) is 0 Å². The molecule has 3 aromatic carbocycles. The number of Topliss-reactive ketones (excluding diaryl/α,β-unsaturated/α-hetero) is 1. The Bertz CT molecular complexity index is 1460. The van der Waals surface area contributed by atoms with Crippen molar-refractivity contribution in [1.82, 2.24) is 0 Å². The van der Waals surface area contributed by atoms with Gasteiger partial charge in [-0.25, -0.2) is 0 Å². The molecule has 2 heterocycles. The quantitative estimate of drug-likeness (QED) is 0.265. The third-order valence-electron chi connectivity index (χ3n) is 6.52. The van der Waals surface area contributed by atoms with Gasteiger partial charge in [0.15, 0.2) is 11.5 Å². The number of carbonyl (C=O) groups excluding carboxylic acids is 2. The second kappa shape index (κ2) is 9.78. The summed E-state index contributed by atoms with van der Waals surface area (Å²) in [4.78, 5) is 28.5. The van der Waals surface area contributed by atoms with E-state index in [-0.39, 0.29) is 24.2 Å². The minimum absolute atomic E-state index is 0.0165. The van der Waals surface area contributed by atoms with E-state index in [0.29, 0.717) is 39.8 Å². The maximum Gasteiger partial charge on any atom is 0.300 e. The first-order valence-electron chi connectivity index (χ1n) is 12.3. The SMILES string of the molecule is COc1c(C)cc(C)cc1/C(O)=C1\C(=O)C(=O)N(c2ccc3c(c2)OCO3)C1c1ccc(OC(C)C)cc1. The van der Waals surface area contributed by atoms with Crippen LogP contribution in [0.1, 0.15) is 42.1 Å². The lowest BCUT2D eigenvalue weighted by Gasteiger charge is -2.26. The topological polar surface area (TPSA) is 94.5 Å². The highest BCUT2D eigenvalue weighted by Gasteiger charge is 2.47. The predicted molar refractivity (Wildman–Crippen MR) is 142 cm³/mol. The number of anilines is 1. The van der Waals surface area contributed by atoms with Crippen molar-refractivity contribution in [2.45, 2.75) is 39.8 Å². The monoisotopic (exact) mass is 515 g/mol. The van der Waals surface area contributed by atoms with E-state index in [0.717, 1.165) is 11.1 Å². The molecule has 8 nitrogen and oxygen atoms in total. The Morgan fingerprint density at radius 2 is 1.71 bits per heavy atom. The highest BCUT2D eigenvalue weighted by atomic mass is 16.7. The van der Waals surface area contributed by atoms with Gasteiger partial charge in [-0.3, -0.25) is 14.5 Å². The molecule has 0 saturated carbocycles. The number of aliphatic hydroxyl groups excluding tert-OH is 1. The Hall–Kier alpha value is -4.46. The number of nitrogens with zero attached hydrogens (tertiary/aromatic N) is 1. The molecule has 38 heavy (non-hydrogen) atoms. The molecule has 0 radical (unpaired) electrons. The molecule has 1 fully saturated rings. The lowest BCUT2D eigenvalue weighted by Crippen LogP contribution is -2.29. The number of hydrogen-bond acceptors (Lipinski definition) is 7. The fourth-order valence-electron chi connectivity index (χ4n) is 5.00. The Morgan fingerprint density at radius 3 is 2.39 bits per heavy atom. The smallest absolute Gasteiger partial charge is 0.300 e. The van der Waals surface area contributed by atoms with Crippen LogP contribution in [0.25, 0.3) is 5.76 Å². The van der Waals surface area contributed by atoms with Gasteiger partial charge in [0.1, 0.15) is 17.3 Å². The summed E-state index contributed by atoms with van der Waals surface area (Å²) in [6.45, 7) is 7.68. The van der Waals surface area contributed by atoms with Crippen LogP contribution in [0, 0.1) is 13.8 Å². The van der Waals surface area contributed by atoms with Crippen molar-refractivity contribution in [3.05, 3.63) is 82.4 Å². The number of aliphatic hydroxyl groups is 1. The van der Waals surface area contributed by atoms with Crippen LogP contribution in [-0.4, -0.2) is 36.8 Å². The number of carbonyl (C=O) groups is 2. The molecule has 2 aliphatic heterocycles. The number of aryl methyl sites for hydroxylation is 2. The molecule has 0 aromatic heterocycles. The van der Waals surface area contributed by atoms with Gasteiger partial charge >= 0.3 is 0 Å². The van der Waals surface area contributed by atoms with E-state index in [1.54, 1.807) is 48.5 Å². The molecule has 3 aromatic rings. The van der Waals surface area contributed by atoms with Crippen LogP contribution in [0.15, 0.2) is 60.2 Å². The fraction of sp³-hybridized carbons (Fsp3) is 0.267. The number of ketones is 1. The highest BCUT2D eigenvalue weighted by molar-refractivity contribution is 6.51. The maximum absolute atomic E-state index is 13.6. The average Bonchev–Trinajstić information content (AvgIpc) is 3.45. The molecule has 196 valence electrons. The minimum Gasteiger partial charge on any atom is -0.507 e. The van der Waals surface area contributed by atoms with Crippen LogP contribution in [0.4, 0.5) is 5.69 Å². The molecule has 0 spiro atoms. The van der Waals surface area contributed by atoms with Crippen LogP contribution in [0.3, 0.4) is 0 Å². The van der Waals surface area contributed by atoms with Crippen LogP contribution in [-0.2, 0) is 9.59 Å². The maximum atomic E-state index is 13.6. The lowest BCUT2D eigenvalue weighted by molar-refractivity contribution is -0.132. The summed E-state index contributed by atoms with van der Waals surface area (Å²) in [5, 5.41) is 11.6. The first kappa shape index (κ1) is 25.2. The van der Waals surface area contributed by atoms with Crippen LogP contribution in [0.5, 0.6) is 23.0 Å². The van der Waals surface area contributed by atoms with Crippen LogP contribution < -0.4 is 23.8 Å². The fourth-order valence-corrected chi connectivity index (χ4v) is 5.00. The van der Waals surface area contributed by atoms with Crippen molar-refractivity contribution < 1.29 is 33.6 Å². The van der Waals surface area contributed by atoms with Crippen LogP contribution >= 0.6 is 0 Å². The average molecular weight is 516 g/mol. The summed E-state index contributed by atoms with van der Waals surface area (Å²) < 4.78 is 22.3. The molecule has 1 atom stereocenters. The molecule has 1 N–H and O–H groups in total. The summed E-state index contributed by atoms with van der Waals surface area (Å²) in [5.74, 6) is 0.247. The van der Waals surface area contributed by atoms with Gasteiger partial charge in [0.2, 0.25) is 6.79 Å². The largest absolute Gasteiger partial charge is 0.507 e. The van der Waals surface area contributed by atoms with Gasteiger partial charge in [-0.1, -0.05) is 18.2 Å². The number of amides is 1. The summed E-state index contributed by atoms with van der Waals surface area (Å²) in [5.41, 5.74) is 3.05. The second-order valence-corrected chi connectivity index (χ2v) is 9.60. The van der Waals surface area contributed by atoms with E-state index in [2.05, 4.69) is 0 Å². The van der Waals surface area contributed by atoms with Gasteiger partial charge in [0, 0.05) is 11.8 Å². The third-order valence-corrected chi connectivity index (χ3v) is 6.52. The van der Waals surface area contributed by atoms with Gasteiger partial charge in [0.25, 0.3) is 11.7 Å². The zero-order valence-electron chi connectivity index (χ0n) is 21.9. The van der Waals surface area contributed by atoms with Gasteiger partial charge in [0.05, 0.1) is 30.4 Å². The van der Waals surface area contributed by atoms with E-state index in [1.165, 1.54) is 12.0 Å². The predicted octanol–water partition coefficient (Wildman–Crippen LogP) is 5.45. The molecule has 0 bridgehead atoms. The first-order valence-corrected chi connectivity index (χ1v) is 12.3. The minimum atomic E-state index is -0.908. The molecule has 8 heteroatoms. The van der Waals surface area contributed by atoms with Crippen molar-refractivity contribution >= 4 is 23.1 Å². The van der Waals surface area contributed by atoms with Crippen molar-refractivity contribution in [3.8, 4) is 23.0 Å². The Kier molecular flexibility index (Phi) is 6.48. The molecular formula is C30H29NO7.